The first kappa shape index (κ1) is 19.0. The van der Waals surface area contributed by atoms with Crippen LogP contribution >= 0.6 is 11.3 Å². The van der Waals surface area contributed by atoms with Gasteiger partial charge < -0.3 is 0 Å². The van der Waals surface area contributed by atoms with E-state index >= 15 is 0 Å². The van der Waals surface area contributed by atoms with Crippen LogP contribution in [0.4, 0.5) is 5.13 Å². The molecule has 2 heterocycles. The molecule has 0 fully saturated rings. The second kappa shape index (κ2) is 7.97. The van der Waals surface area contributed by atoms with Gasteiger partial charge in [-0.1, -0.05) is 71.0 Å². The second-order valence-corrected chi connectivity index (χ2v) is 8.07. The van der Waals surface area contributed by atoms with E-state index in [1.54, 1.807) is 12.3 Å². The average Bonchev–Trinajstić information content (AvgIpc) is 3.13. The Morgan fingerprint density at radius 1 is 0.828 bits per heavy atom. The van der Waals surface area contributed by atoms with Crippen molar-refractivity contribution in [3.05, 3.63) is 89.2 Å². The van der Waals surface area contributed by atoms with Crippen molar-refractivity contribution in [2.75, 3.05) is 5.32 Å². The highest BCUT2D eigenvalue weighted by atomic mass is 32.1. The predicted octanol–water partition coefficient (Wildman–Crippen LogP) is 6.05. The quantitative estimate of drug-likeness (QED) is 0.454. The summed E-state index contributed by atoms with van der Waals surface area (Å²) in [5.74, 6) is -0.211. The highest BCUT2D eigenvalue weighted by Gasteiger charge is 2.17. The molecule has 0 aliphatic rings. The molecule has 0 aliphatic heterocycles. The van der Waals surface area contributed by atoms with E-state index in [9.17, 15) is 4.79 Å². The lowest BCUT2D eigenvalue weighted by atomic mass is 10.0. The molecule has 0 saturated heterocycles. The largest absolute Gasteiger partial charge is 0.298 e. The summed E-state index contributed by atoms with van der Waals surface area (Å²) in [5, 5.41) is 3.50. The molecule has 29 heavy (non-hydrogen) atoms. The van der Waals surface area contributed by atoms with E-state index in [1.807, 2.05) is 13.0 Å². The van der Waals surface area contributed by atoms with Gasteiger partial charge in [0.05, 0.1) is 16.1 Å². The van der Waals surface area contributed by atoms with Crippen LogP contribution in [0.3, 0.4) is 0 Å². The lowest BCUT2D eigenvalue weighted by molar-refractivity contribution is 0.102. The van der Waals surface area contributed by atoms with Crippen LogP contribution in [0.5, 0.6) is 0 Å². The minimum absolute atomic E-state index is 0.211. The third kappa shape index (κ3) is 4.25. The first-order valence-electron chi connectivity index (χ1n) is 9.38. The van der Waals surface area contributed by atoms with E-state index in [-0.39, 0.29) is 5.91 Å². The number of thiazole rings is 1. The molecule has 4 rings (SSSR count). The van der Waals surface area contributed by atoms with Gasteiger partial charge in [0.25, 0.3) is 5.91 Å². The fourth-order valence-electron chi connectivity index (χ4n) is 2.95. The van der Waals surface area contributed by atoms with Crippen molar-refractivity contribution in [1.82, 2.24) is 9.97 Å². The smallest absolute Gasteiger partial charge is 0.259 e. The zero-order valence-electron chi connectivity index (χ0n) is 16.6. The Labute approximate surface area is 174 Å². The van der Waals surface area contributed by atoms with Crippen LogP contribution < -0.4 is 5.32 Å². The molecule has 0 radical (unpaired) electrons. The Hall–Kier alpha value is -3.31. The third-order valence-corrected chi connectivity index (χ3v) is 5.68. The van der Waals surface area contributed by atoms with Crippen molar-refractivity contribution in [2.24, 2.45) is 0 Å². The Kier molecular flexibility index (Phi) is 5.23. The van der Waals surface area contributed by atoms with Crippen LogP contribution in [0.1, 0.15) is 27.2 Å². The number of nitrogens with zero attached hydrogens (tertiary/aromatic N) is 2. The Bertz CT molecular complexity index is 1080. The number of carbonyl (C=O) groups is 1. The van der Waals surface area contributed by atoms with Gasteiger partial charge >= 0.3 is 0 Å². The molecule has 144 valence electrons. The van der Waals surface area contributed by atoms with Crippen LogP contribution in [0.2, 0.25) is 0 Å². The molecule has 1 N–H and O–H groups in total. The zero-order valence-corrected chi connectivity index (χ0v) is 17.4. The lowest BCUT2D eigenvalue weighted by Gasteiger charge is -2.04. The molecule has 0 saturated carbocycles. The maximum Gasteiger partial charge on any atom is 0.259 e. The van der Waals surface area contributed by atoms with Crippen LogP contribution in [-0.4, -0.2) is 15.9 Å². The fraction of sp³-hybridized carbons (Fsp3) is 0.125. The fourth-order valence-corrected chi connectivity index (χ4v) is 3.94. The maximum absolute atomic E-state index is 12.6. The summed E-state index contributed by atoms with van der Waals surface area (Å²) in [4.78, 5) is 22.6. The molecule has 2 aromatic carbocycles. The molecule has 5 heteroatoms. The van der Waals surface area contributed by atoms with E-state index in [0.717, 1.165) is 27.4 Å². The molecular weight excluding hydrogens is 378 g/mol. The minimum Gasteiger partial charge on any atom is -0.298 e. The number of hydrogen-bond donors (Lipinski definition) is 1. The topological polar surface area (TPSA) is 54.9 Å². The second-order valence-electron chi connectivity index (χ2n) is 7.07. The molecule has 1 amide bonds. The molecule has 0 unspecified atom stereocenters. The van der Waals surface area contributed by atoms with Gasteiger partial charge in [0, 0.05) is 17.5 Å². The molecule has 4 aromatic rings. The van der Waals surface area contributed by atoms with Gasteiger partial charge in [-0.2, -0.15) is 0 Å². The van der Waals surface area contributed by atoms with Gasteiger partial charge in [0.2, 0.25) is 0 Å². The van der Waals surface area contributed by atoms with Crippen molar-refractivity contribution in [2.45, 2.75) is 20.8 Å². The van der Waals surface area contributed by atoms with Crippen LogP contribution in [-0.2, 0) is 0 Å². The third-order valence-electron chi connectivity index (χ3n) is 4.66. The van der Waals surface area contributed by atoms with Crippen molar-refractivity contribution in [3.8, 4) is 21.7 Å². The zero-order chi connectivity index (χ0) is 20.4. The summed E-state index contributed by atoms with van der Waals surface area (Å²) >= 11 is 1.48. The summed E-state index contributed by atoms with van der Waals surface area (Å²) < 4.78 is 0. The molecule has 0 bridgehead atoms. The normalized spacial score (nSPS) is 10.7. The maximum atomic E-state index is 12.6. The Morgan fingerprint density at radius 2 is 1.45 bits per heavy atom. The predicted molar refractivity (Wildman–Crippen MR) is 119 cm³/mol. The van der Waals surface area contributed by atoms with Crippen molar-refractivity contribution >= 4 is 22.4 Å². The number of nitrogens with one attached hydrogen (secondary N) is 1. The average molecular weight is 400 g/mol. The molecule has 0 spiro atoms. The monoisotopic (exact) mass is 399 g/mol. The van der Waals surface area contributed by atoms with Gasteiger partial charge in [0.15, 0.2) is 5.13 Å². The van der Waals surface area contributed by atoms with E-state index in [0.29, 0.717) is 10.7 Å². The standard InChI is InChI=1S/C24H21N3OS/c1-15-4-9-18(10-5-15)21-22(19-11-6-16(2)7-12-19)29-24(26-21)27-23(28)20-13-8-17(3)25-14-20/h4-14H,1-3H3,(H,26,27,28). The summed E-state index contributed by atoms with van der Waals surface area (Å²) in [5.41, 5.74) is 6.77. The minimum atomic E-state index is -0.211. The highest BCUT2D eigenvalue weighted by molar-refractivity contribution is 7.19. The lowest BCUT2D eigenvalue weighted by Crippen LogP contribution is -2.12. The molecule has 4 nitrogen and oxygen atoms in total. The summed E-state index contributed by atoms with van der Waals surface area (Å²) in [6.45, 7) is 6.02. The summed E-state index contributed by atoms with van der Waals surface area (Å²) in [6.07, 6.45) is 1.58. The number of amides is 1. The van der Waals surface area contributed by atoms with E-state index in [4.69, 9.17) is 4.98 Å². The van der Waals surface area contributed by atoms with Gasteiger partial charge in [-0.05, 0) is 38.5 Å². The molecular formula is C24H21N3OS. The van der Waals surface area contributed by atoms with Crippen molar-refractivity contribution < 1.29 is 4.79 Å². The molecule has 2 aromatic heterocycles. The van der Waals surface area contributed by atoms with E-state index in [1.165, 1.54) is 22.5 Å². The number of aromatic nitrogens is 2. The van der Waals surface area contributed by atoms with Crippen molar-refractivity contribution in [3.63, 3.8) is 0 Å². The molecule has 0 aliphatic carbocycles. The number of carbonyl (C=O) groups excluding carboxylic acids is 1. The highest BCUT2D eigenvalue weighted by Crippen LogP contribution is 2.39. The molecule has 0 atom stereocenters. The van der Waals surface area contributed by atoms with E-state index < -0.39 is 0 Å². The Morgan fingerprint density at radius 3 is 2.03 bits per heavy atom. The number of hydrogen-bond acceptors (Lipinski definition) is 4. The van der Waals surface area contributed by atoms with Gasteiger partial charge in [-0.25, -0.2) is 4.98 Å². The Balaban J connectivity index is 1.72. The first-order chi connectivity index (χ1) is 14.0. The van der Waals surface area contributed by atoms with Gasteiger partial charge in [-0.15, -0.1) is 0 Å². The van der Waals surface area contributed by atoms with Gasteiger partial charge in [-0.3, -0.25) is 15.1 Å². The van der Waals surface area contributed by atoms with Crippen LogP contribution in [0.15, 0.2) is 66.9 Å². The number of rotatable bonds is 4. The van der Waals surface area contributed by atoms with Gasteiger partial charge in [0.1, 0.15) is 0 Å². The number of pyridine rings is 1. The number of aryl methyl sites for hydroxylation is 3. The summed E-state index contributed by atoms with van der Waals surface area (Å²) in [7, 11) is 0. The SMILES string of the molecule is Cc1ccc(-c2nc(NC(=O)c3ccc(C)nc3)sc2-c2ccc(C)cc2)cc1. The first-order valence-corrected chi connectivity index (χ1v) is 10.2. The van der Waals surface area contributed by atoms with Crippen LogP contribution in [0, 0.1) is 20.8 Å². The number of benzene rings is 2. The van der Waals surface area contributed by atoms with E-state index in [2.05, 4.69) is 72.7 Å². The van der Waals surface area contributed by atoms with Crippen molar-refractivity contribution in [1.29, 1.82) is 0 Å². The van der Waals surface area contributed by atoms with Crippen LogP contribution in [0.25, 0.3) is 21.7 Å². The number of anilines is 1. The summed E-state index contributed by atoms with van der Waals surface area (Å²) in [6, 6.07) is 20.2.